The molecule has 0 saturated heterocycles. The lowest BCUT2D eigenvalue weighted by Crippen LogP contribution is -2.25. The highest BCUT2D eigenvalue weighted by molar-refractivity contribution is 7.92. The van der Waals surface area contributed by atoms with Crippen molar-refractivity contribution >= 4 is 39.3 Å². The van der Waals surface area contributed by atoms with Crippen molar-refractivity contribution in [2.75, 3.05) is 14.2 Å². The van der Waals surface area contributed by atoms with E-state index in [1.165, 1.54) is 26.4 Å². The van der Waals surface area contributed by atoms with E-state index in [9.17, 15) is 22.8 Å². The normalized spacial score (nSPS) is 12.6. The number of aromatic amines is 1. The third kappa shape index (κ3) is 6.60. The summed E-state index contributed by atoms with van der Waals surface area (Å²) >= 11 is 6.46. The SMILES string of the molecule is COC(=O)CCc1c(C(=O)OC(C)(C)C)[nH]c(C(Cl)S(=O)(=O)c2ccccc2)c1CC(=O)OC. The monoisotopic (exact) mass is 513 g/mol. The first-order valence-corrected chi connectivity index (χ1v) is 12.3. The maximum atomic E-state index is 13.2. The molecule has 11 heteroatoms. The van der Waals surface area contributed by atoms with Crippen LogP contribution >= 0.6 is 11.6 Å². The summed E-state index contributed by atoms with van der Waals surface area (Å²) in [6.45, 7) is 5.01. The lowest BCUT2D eigenvalue weighted by atomic mass is 10.0. The van der Waals surface area contributed by atoms with E-state index in [1.54, 1.807) is 39.0 Å². The number of H-pyrrole nitrogens is 1. The first-order chi connectivity index (χ1) is 15.8. The van der Waals surface area contributed by atoms with Crippen LogP contribution in [-0.4, -0.2) is 51.1 Å². The van der Waals surface area contributed by atoms with Gasteiger partial charge in [0.2, 0.25) is 9.84 Å². The number of hydrogen-bond acceptors (Lipinski definition) is 8. The molecule has 9 nitrogen and oxygen atoms in total. The molecule has 1 atom stereocenters. The molecule has 1 unspecified atom stereocenters. The summed E-state index contributed by atoms with van der Waals surface area (Å²) in [4.78, 5) is 39.7. The second-order valence-electron chi connectivity index (χ2n) is 8.38. The molecular formula is C23H28ClNO8S. The predicted octanol–water partition coefficient (Wildman–Crippen LogP) is 3.50. The van der Waals surface area contributed by atoms with Crippen molar-refractivity contribution in [1.82, 2.24) is 4.98 Å². The lowest BCUT2D eigenvalue weighted by Gasteiger charge is -2.19. The van der Waals surface area contributed by atoms with Gasteiger partial charge in [0.05, 0.1) is 31.2 Å². The molecule has 0 radical (unpaired) electrons. The number of methoxy groups -OCH3 is 2. The van der Waals surface area contributed by atoms with Crippen LogP contribution in [0.1, 0.15) is 59.2 Å². The Kier molecular flexibility index (Phi) is 8.90. The molecule has 34 heavy (non-hydrogen) atoms. The molecule has 0 saturated carbocycles. The van der Waals surface area contributed by atoms with Crippen LogP contribution in [0.4, 0.5) is 0 Å². The minimum absolute atomic E-state index is 0.0287. The molecule has 1 aromatic carbocycles. The molecule has 2 rings (SSSR count). The zero-order chi connectivity index (χ0) is 25.7. The Morgan fingerprint density at radius 2 is 1.59 bits per heavy atom. The minimum atomic E-state index is -4.12. The third-order valence-corrected chi connectivity index (χ3v) is 7.41. The van der Waals surface area contributed by atoms with Gasteiger partial charge in [-0.3, -0.25) is 9.59 Å². The fourth-order valence-electron chi connectivity index (χ4n) is 3.20. The number of nitrogens with one attached hydrogen (secondary N) is 1. The van der Waals surface area contributed by atoms with E-state index in [0.717, 1.165) is 0 Å². The van der Waals surface area contributed by atoms with Gasteiger partial charge in [-0.25, -0.2) is 13.2 Å². The number of ether oxygens (including phenoxy) is 3. The van der Waals surface area contributed by atoms with Crippen molar-refractivity contribution in [3.8, 4) is 0 Å². The van der Waals surface area contributed by atoms with Crippen molar-refractivity contribution in [3.63, 3.8) is 0 Å². The molecule has 2 aromatic rings. The Labute approximate surface area is 203 Å². The van der Waals surface area contributed by atoms with E-state index in [0.29, 0.717) is 0 Å². The second kappa shape index (κ2) is 11.1. The maximum Gasteiger partial charge on any atom is 0.355 e. The van der Waals surface area contributed by atoms with E-state index in [4.69, 9.17) is 21.1 Å². The summed E-state index contributed by atoms with van der Waals surface area (Å²) < 4.78 is 39.7. The lowest BCUT2D eigenvalue weighted by molar-refractivity contribution is -0.141. The summed E-state index contributed by atoms with van der Waals surface area (Å²) in [6.07, 6.45) is -0.537. The quantitative estimate of drug-likeness (QED) is 0.306. The molecule has 0 amide bonds. The van der Waals surface area contributed by atoms with Crippen LogP contribution in [0.25, 0.3) is 0 Å². The number of sulfone groups is 1. The second-order valence-corrected chi connectivity index (χ2v) is 11.1. The fourth-order valence-corrected chi connectivity index (χ4v) is 4.99. The van der Waals surface area contributed by atoms with E-state index in [1.807, 2.05) is 0 Å². The summed E-state index contributed by atoms with van der Waals surface area (Å²) in [6, 6.07) is 7.54. The molecule has 0 aliphatic carbocycles. The summed E-state index contributed by atoms with van der Waals surface area (Å²) in [5.74, 6) is -2.02. The summed E-state index contributed by atoms with van der Waals surface area (Å²) in [5, 5.41) is 0. The van der Waals surface area contributed by atoms with Crippen LogP contribution < -0.4 is 0 Å². The fraction of sp³-hybridized carbons (Fsp3) is 0.435. The molecule has 0 aliphatic rings. The smallest absolute Gasteiger partial charge is 0.355 e. The zero-order valence-electron chi connectivity index (χ0n) is 19.6. The molecule has 1 aromatic heterocycles. The number of alkyl halides is 1. The van der Waals surface area contributed by atoms with Crippen LogP contribution in [0.15, 0.2) is 35.2 Å². The average Bonchev–Trinajstić information content (AvgIpc) is 3.14. The molecule has 186 valence electrons. The van der Waals surface area contributed by atoms with Crippen molar-refractivity contribution < 1.29 is 37.0 Å². The molecule has 1 N–H and O–H groups in total. The van der Waals surface area contributed by atoms with E-state index in [2.05, 4.69) is 9.72 Å². The number of carbonyl (C=O) groups is 3. The van der Waals surface area contributed by atoms with E-state index >= 15 is 0 Å². The van der Waals surface area contributed by atoms with Crippen LogP contribution in [-0.2, 0) is 46.5 Å². The molecule has 0 spiro atoms. The minimum Gasteiger partial charge on any atom is -0.469 e. The van der Waals surface area contributed by atoms with Gasteiger partial charge in [0, 0.05) is 6.42 Å². The van der Waals surface area contributed by atoms with Gasteiger partial charge >= 0.3 is 17.9 Å². The van der Waals surface area contributed by atoms with Crippen molar-refractivity contribution in [2.24, 2.45) is 0 Å². The van der Waals surface area contributed by atoms with Gasteiger partial charge in [-0.05, 0) is 50.5 Å². The van der Waals surface area contributed by atoms with Gasteiger partial charge in [-0.1, -0.05) is 29.8 Å². The van der Waals surface area contributed by atoms with Gasteiger partial charge in [0.15, 0.2) is 4.71 Å². The predicted molar refractivity (Wildman–Crippen MR) is 124 cm³/mol. The van der Waals surface area contributed by atoms with Crippen molar-refractivity contribution in [1.29, 1.82) is 0 Å². The van der Waals surface area contributed by atoms with Crippen LogP contribution in [0.2, 0.25) is 0 Å². The van der Waals surface area contributed by atoms with Gasteiger partial charge in [-0.2, -0.15) is 0 Å². The number of aromatic nitrogens is 1. The number of benzene rings is 1. The largest absolute Gasteiger partial charge is 0.469 e. The van der Waals surface area contributed by atoms with Gasteiger partial charge < -0.3 is 19.2 Å². The van der Waals surface area contributed by atoms with Crippen LogP contribution in [0.3, 0.4) is 0 Å². The number of halogens is 1. The highest BCUT2D eigenvalue weighted by Gasteiger charge is 2.35. The highest BCUT2D eigenvalue weighted by atomic mass is 35.5. The number of carbonyl (C=O) groups excluding carboxylic acids is 3. The molecular weight excluding hydrogens is 486 g/mol. The maximum absolute atomic E-state index is 13.2. The van der Waals surface area contributed by atoms with Crippen molar-refractivity contribution in [2.45, 2.75) is 55.2 Å². The Morgan fingerprint density at radius 3 is 2.12 bits per heavy atom. The third-order valence-electron chi connectivity index (χ3n) is 4.78. The topological polar surface area (TPSA) is 129 Å². The molecule has 0 fully saturated rings. The van der Waals surface area contributed by atoms with Crippen LogP contribution in [0.5, 0.6) is 0 Å². The molecule has 1 heterocycles. The van der Waals surface area contributed by atoms with Crippen molar-refractivity contribution in [3.05, 3.63) is 52.8 Å². The van der Waals surface area contributed by atoms with E-state index in [-0.39, 0.29) is 46.7 Å². The number of hydrogen-bond donors (Lipinski definition) is 1. The zero-order valence-corrected chi connectivity index (χ0v) is 21.2. The Morgan fingerprint density at radius 1 is 1.00 bits per heavy atom. The average molecular weight is 514 g/mol. The Bertz CT molecular complexity index is 1150. The van der Waals surface area contributed by atoms with E-state index < -0.39 is 38.1 Å². The number of esters is 3. The Balaban J connectivity index is 2.71. The first-order valence-electron chi connectivity index (χ1n) is 10.4. The number of rotatable bonds is 9. The Hall–Kier alpha value is -2.85. The summed E-state index contributed by atoms with van der Waals surface area (Å²) in [5.41, 5.74) is -0.649. The first kappa shape index (κ1) is 27.4. The van der Waals surface area contributed by atoms with Crippen LogP contribution in [0, 0.1) is 0 Å². The van der Waals surface area contributed by atoms with Gasteiger partial charge in [-0.15, -0.1) is 0 Å². The highest BCUT2D eigenvalue weighted by Crippen LogP contribution is 2.37. The molecule has 0 bridgehead atoms. The van der Waals surface area contributed by atoms with Gasteiger partial charge in [0.25, 0.3) is 0 Å². The standard InChI is InChI=1S/C23H28ClNO8S/c1-23(2,3)33-22(28)20-15(11-12-17(26)31-4)16(13-18(27)32-5)19(25-20)21(24)34(29,30)14-9-7-6-8-10-14/h6-10,21,25H,11-13H2,1-5H3. The van der Waals surface area contributed by atoms with Gasteiger partial charge in [0.1, 0.15) is 11.3 Å². The molecule has 0 aliphatic heterocycles. The summed E-state index contributed by atoms with van der Waals surface area (Å²) in [7, 11) is -1.72.